The minimum absolute atomic E-state index is 0.919. The number of hydrogen-bond donors (Lipinski definition) is 0. The number of fused-ring (bicyclic) bond motifs is 18. The summed E-state index contributed by atoms with van der Waals surface area (Å²) in [6, 6.07) is 131. The smallest absolute Gasteiger partial charge is 0.135 e. The van der Waals surface area contributed by atoms with Crippen molar-refractivity contribution in [3.63, 3.8) is 0 Å². The van der Waals surface area contributed by atoms with Crippen molar-refractivity contribution in [3.05, 3.63) is 358 Å². The second-order valence-electron chi connectivity index (χ2n) is 26.7. The maximum atomic E-state index is 6.09. The Labute approximate surface area is 594 Å². The number of furan rings is 1. The van der Waals surface area contributed by atoms with E-state index in [4.69, 9.17) is 4.42 Å². The molecular formula is C96H59N3OS2. The van der Waals surface area contributed by atoms with Crippen LogP contribution in [-0.4, -0.2) is 13.7 Å². The summed E-state index contributed by atoms with van der Waals surface area (Å²) in [7, 11) is 0. The van der Waals surface area contributed by atoms with Gasteiger partial charge in [-0.25, -0.2) is 0 Å². The molecule has 0 aliphatic carbocycles. The van der Waals surface area contributed by atoms with Crippen LogP contribution in [0.25, 0.3) is 200 Å². The van der Waals surface area contributed by atoms with Crippen molar-refractivity contribution in [3.8, 4) is 72.7 Å². The average molecular weight is 1330 g/mol. The minimum atomic E-state index is 0.919. The minimum Gasteiger partial charge on any atom is -0.456 e. The van der Waals surface area contributed by atoms with Crippen molar-refractivity contribution in [1.82, 2.24) is 13.7 Å². The van der Waals surface area contributed by atoms with Gasteiger partial charge in [-0.15, -0.1) is 22.7 Å². The van der Waals surface area contributed by atoms with Crippen LogP contribution in [0.3, 0.4) is 0 Å². The molecule has 0 radical (unpaired) electrons. The molecule has 6 aromatic heterocycles. The zero-order valence-electron chi connectivity index (χ0n) is 55.1. The van der Waals surface area contributed by atoms with Crippen LogP contribution in [0.5, 0.6) is 0 Å². The third-order valence-corrected chi connectivity index (χ3v) is 23.2. The van der Waals surface area contributed by atoms with Crippen molar-refractivity contribution in [2.24, 2.45) is 0 Å². The van der Waals surface area contributed by atoms with E-state index in [0.29, 0.717) is 0 Å². The van der Waals surface area contributed by atoms with E-state index in [2.05, 4.69) is 359 Å². The Bertz CT molecular complexity index is 7010. The predicted octanol–water partition coefficient (Wildman–Crippen LogP) is 27.6. The summed E-state index contributed by atoms with van der Waals surface area (Å²) in [6.45, 7) is 0. The summed E-state index contributed by atoms with van der Waals surface area (Å²) in [5.74, 6) is 0. The third kappa shape index (κ3) is 9.49. The van der Waals surface area contributed by atoms with Crippen LogP contribution in [-0.2, 0) is 0 Å². The molecule has 0 fully saturated rings. The summed E-state index contributed by atoms with van der Waals surface area (Å²) < 4.78 is 18.5. The molecule has 0 aliphatic rings. The van der Waals surface area contributed by atoms with Crippen molar-refractivity contribution in [1.29, 1.82) is 0 Å². The van der Waals surface area contributed by atoms with Crippen LogP contribution < -0.4 is 0 Å². The molecule has 0 saturated carbocycles. The lowest BCUT2D eigenvalue weighted by Gasteiger charge is -2.11. The number of hydrogen-bond acceptors (Lipinski definition) is 3. The number of rotatable bonds is 8. The molecule has 0 unspecified atom stereocenters. The highest BCUT2D eigenvalue weighted by atomic mass is 32.1. The van der Waals surface area contributed by atoms with E-state index in [1.165, 1.54) is 178 Å². The Morgan fingerprint density at radius 1 is 0.167 bits per heavy atom. The molecule has 6 heterocycles. The fraction of sp³-hybridized carbons (Fsp3) is 0. The van der Waals surface area contributed by atoms with Gasteiger partial charge in [-0.2, -0.15) is 0 Å². The molecule has 0 saturated heterocycles. The molecular weight excluding hydrogens is 1280 g/mol. The Kier molecular flexibility index (Phi) is 13.3. The van der Waals surface area contributed by atoms with Gasteiger partial charge in [0.15, 0.2) is 0 Å². The van der Waals surface area contributed by atoms with E-state index in [1.54, 1.807) is 0 Å². The average Bonchev–Trinajstić information content (AvgIpc) is 1.59. The quantitative estimate of drug-likeness (QED) is 0.149. The van der Waals surface area contributed by atoms with Gasteiger partial charge in [0.2, 0.25) is 0 Å². The lowest BCUT2D eigenvalue weighted by atomic mass is 9.95. The van der Waals surface area contributed by atoms with Crippen LogP contribution in [0, 0.1) is 0 Å². The Morgan fingerprint density at radius 3 is 0.814 bits per heavy atom. The first-order chi connectivity index (χ1) is 50.5. The second-order valence-corrected chi connectivity index (χ2v) is 28.9. The molecule has 4 nitrogen and oxygen atoms in total. The number of benzene rings is 16. The van der Waals surface area contributed by atoms with Crippen molar-refractivity contribution in [2.75, 3.05) is 0 Å². The molecule has 0 aliphatic heterocycles. The third-order valence-electron chi connectivity index (χ3n) is 20.9. The van der Waals surface area contributed by atoms with Gasteiger partial charge in [-0.05, 0) is 201 Å². The zero-order valence-corrected chi connectivity index (χ0v) is 56.8. The SMILES string of the molecule is c1cc(-c2cccc(-c3ccc4sc5ccc(-n6c7ccccc7c7ccccc76)cc5c4c3)c2)cc(-c2ccc3oc4ccccc4c3c2)c1.c1cc(-c2cccc(-n3c4ccccc4c4ccccc43)c2)cc(-c2ccc3sc4ccc(-n5c6ccccc6c6ccccc65)cc4c3c2)c1. The zero-order chi connectivity index (χ0) is 66.9. The van der Waals surface area contributed by atoms with Gasteiger partial charge in [0, 0.05) is 100 Å². The summed E-state index contributed by atoms with van der Waals surface area (Å²) in [4.78, 5) is 0. The first-order valence-corrected chi connectivity index (χ1v) is 36.4. The van der Waals surface area contributed by atoms with Gasteiger partial charge in [0.1, 0.15) is 11.2 Å². The predicted molar refractivity (Wildman–Crippen MR) is 436 cm³/mol. The molecule has 0 amide bonds. The van der Waals surface area contributed by atoms with E-state index in [0.717, 1.165) is 21.9 Å². The molecule has 0 atom stereocenters. The fourth-order valence-electron chi connectivity index (χ4n) is 16.1. The van der Waals surface area contributed by atoms with E-state index in [-0.39, 0.29) is 0 Å². The molecule has 0 spiro atoms. The van der Waals surface area contributed by atoms with E-state index < -0.39 is 0 Å². The van der Waals surface area contributed by atoms with Crippen LogP contribution in [0.2, 0.25) is 0 Å². The van der Waals surface area contributed by atoms with Gasteiger partial charge >= 0.3 is 0 Å². The van der Waals surface area contributed by atoms with Crippen LogP contribution in [0.15, 0.2) is 362 Å². The normalized spacial score (nSPS) is 11.9. The number of para-hydroxylation sites is 7. The first kappa shape index (κ1) is 58.2. The van der Waals surface area contributed by atoms with Crippen molar-refractivity contribution in [2.45, 2.75) is 0 Å². The molecule has 22 aromatic rings. The first-order valence-electron chi connectivity index (χ1n) is 34.8. The second kappa shape index (κ2) is 23.4. The summed E-state index contributed by atoms with van der Waals surface area (Å²) in [5.41, 5.74) is 24.8. The highest BCUT2D eigenvalue weighted by molar-refractivity contribution is 7.26. The Morgan fingerprint density at radius 2 is 0.431 bits per heavy atom. The maximum Gasteiger partial charge on any atom is 0.135 e. The molecule has 22 rings (SSSR count). The highest BCUT2D eigenvalue weighted by Crippen LogP contribution is 2.44. The largest absolute Gasteiger partial charge is 0.456 e. The lowest BCUT2D eigenvalue weighted by Crippen LogP contribution is -1.94. The van der Waals surface area contributed by atoms with Crippen molar-refractivity contribution >= 4 is 150 Å². The number of thiophene rings is 2. The van der Waals surface area contributed by atoms with Gasteiger partial charge in [-0.3, -0.25) is 0 Å². The number of nitrogens with zero attached hydrogens (tertiary/aromatic N) is 3. The van der Waals surface area contributed by atoms with Gasteiger partial charge < -0.3 is 18.1 Å². The van der Waals surface area contributed by atoms with Gasteiger partial charge in [0.05, 0.1) is 33.1 Å². The highest BCUT2D eigenvalue weighted by Gasteiger charge is 2.19. The van der Waals surface area contributed by atoms with E-state index in [1.807, 2.05) is 34.8 Å². The van der Waals surface area contributed by atoms with E-state index >= 15 is 0 Å². The summed E-state index contributed by atoms with van der Waals surface area (Å²) in [6.07, 6.45) is 0. The Balaban J connectivity index is 0.000000133. The lowest BCUT2D eigenvalue weighted by molar-refractivity contribution is 0.669. The van der Waals surface area contributed by atoms with Gasteiger partial charge in [0.25, 0.3) is 0 Å². The summed E-state index contributed by atoms with van der Waals surface area (Å²) in [5, 5.41) is 15.2. The van der Waals surface area contributed by atoms with Crippen LogP contribution in [0.4, 0.5) is 0 Å². The number of aromatic nitrogens is 3. The van der Waals surface area contributed by atoms with E-state index in [9.17, 15) is 0 Å². The summed E-state index contributed by atoms with van der Waals surface area (Å²) >= 11 is 3.73. The molecule has 16 aromatic carbocycles. The molecule has 476 valence electrons. The molecule has 0 N–H and O–H groups in total. The maximum absolute atomic E-state index is 6.09. The van der Waals surface area contributed by atoms with Crippen LogP contribution >= 0.6 is 22.7 Å². The molecule has 6 heteroatoms. The topological polar surface area (TPSA) is 27.9 Å². The van der Waals surface area contributed by atoms with Gasteiger partial charge in [-0.1, -0.05) is 212 Å². The molecule has 0 bridgehead atoms. The van der Waals surface area contributed by atoms with Crippen LogP contribution in [0.1, 0.15) is 0 Å². The van der Waals surface area contributed by atoms with Crippen molar-refractivity contribution < 1.29 is 4.42 Å². The monoisotopic (exact) mass is 1330 g/mol. The molecule has 102 heavy (non-hydrogen) atoms. The standard InChI is InChI=1S/C48H30N2S.C48H29NOS/c1-5-19-43-37(15-1)38-16-2-6-20-44(38)49(43)35-14-10-13-33(28-35)31-11-9-12-32(27-31)34-23-25-47-41(29-34)42-30-36(24-26-48(42)51-47)50-45-21-7-3-17-39(45)40-18-4-8-22-46(40)50;1-4-16-43-37(13-1)38-14-2-5-17-44(38)49(43)36-21-24-48-42(29-36)41-28-35(20-23-47(41)51-48)33-12-8-10-31(26-33)30-9-7-11-32(25-30)34-19-22-46-40(27-34)39-15-3-6-18-45(39)50-46/h1-30H;1-29H. The Hall–Kier alpha value is -12.8. The fourth-order valence-corrected chi connectivity index (χ4v) is 18.3.